The molecule has 2 aromatic heterocycles. The van der Waals surface area contributed by atoms with Gasteiger partial charge in [-0.1, -0.05) is 66.2 Å². The van der Waals surface area contributed by atoms with Gasteiger partial charge in [0.1, 0.15) is 4.83 Å². The van der Waals surface area contributed by atoms with Crippen molar-refractivity contribution in [3.05, 3.63) is 76.6 Å². The number of amides is 1. The number of aromatic nitrogens is 2. The molecule has 4 rings (SSSR count). The summed E-state index contributed by atoms with van der Waals surface area (Å²) in [6.07, 6.45) is 5.21. The van der Waals surface area contributed by atoms with Gasteiger partial charge in [0.15, 0.2) is 5.16 Å². The van der Waals surface area contributed by atoms with E-state index in [2.05, 4.69) is 11.2 Å². The third-order valence-corrected chi connectivity index (χ3v) is 6.69. The number of terminal acetylenes is 1. The minimum absolute atomic E-state index is 0.114. The van der Waals surface area contributed by atoms with E-state index in [-0.39, 0.29) is 23.8 Å². The Balaban J connectivity index is 1.84. The summed E-state index contributed by atoms with van der Waals surface area (Å²) in [6, 6.07) is 19.5. The standard InChI is InChI=1S/C24H19N3O2S2/c1-3-13-25-21(28)15-30-24-26-22-18(14-20(31-22)17-10-5-4-6-11-17)23(29)27(24)19-12-8-7-9-16(19)2/h1,4-12,14H,13,15H2,2H3,(H,25,28). The van der Waals surface area contributed by atoms with Crippen LogP contribution in [0.3, 0.4) is 0 Å². The second-order valence-electron chi connectivity index (χ2n) is 6.79. The molecule has 0 saturated carbocycles. The van der Waals surface area contributed by atoms with E-state index in [1.165, 1.54) is 23.1 Å². The van der Waals surface area contributed by atoms with Gasteiger partial charge in [-0.2, -0.15) is 0 Å². The number of nitrogens with zero attached hydrogens (tertiary/aromatic N) is 2. The van der Waals surface area contributed by atoms with E-state index >= 15 is 0 Å². The molecule has 0 unspecified atom stereocenters. The predicted molar refractivity (Wildman–Crippen MR) is 128 cm³/mol. The molecular formula is C24H19N3O2S2. The summed E-state index contributed by atoms with van der Waals surface area (Å²) in [5.74, 6) is 2.29. The number of para-hydroxylation sites is 1. The molecule has 1 N–H and O–H groups in total. The third kappa shape index (κ3) is 4.41. The molecule has 0 bridgehead atoms. The van der Waals surface area contributed by atoms with Gasteiger partial charge in [-0.25, -0.2) is 4.98 Å². The van der Waals surface area contributed by atoms with Gasteiger partial charge in [0, 0.05) is 4.88 Å². The Morgan fingerprint density at radius 3 is 2.68 bits per heavy atom. The molecule has 0 saturated heterocycles. The molecule has 1 amide bonds. The van der Waals surface area contributed by atoms with Crippen LogP contribution in [0.2, 0.25) is 0 Å². The van der Waals surface area contributed by atoms with Crippen LogP contribution in [0.5, 0.6) is 0 Å². The Kier molecular flexibility index (Phi) is 6.21. The van der Waals surface area contributed by atoms with Crippen molar-refractivity contribution >= 4 is 39.2 Å². The maximum absolute atomic E-state index is 13.6. The lowest BCUT2D eigenvalue weighted by Gasteiger charge is -2.13. The van der Waals surface area contributed by atoms with Crippen LogP contribution >= 0.6 is 23.1 Å². The van der Waals surface area contributed by atoms with Crippen LogP contribution in [0.15, 0.2) is 70.6 Å². The second kappa shape index (κ2) is 9.21. The number of fused-ring (bicyclic) bond motifs is 1. The summed E-state index contributed by atoms with van der Waals surface area (Å²) in [7, 11) is 0. The van der Waals surface area contributed by atoms with E-state index in [9.17, 15) is 9.59 Å². The maximum atomic E-state index is 13.6. The van der Waals surface area contributed by atoms with E-state index in [1.807, 2.05) is 67.6 Å². The van der Waals surface area contributed by atoms with Crippen molar-refractivity contribution in [3.8, 4) is 28.5 Å². The lowest BCUT2D eigenvalue weighted by Crippen LogP contribution is -2.26. The fraction of sp³-hybridized carbons (Fsp3) is 0.125. The minimum Gasteiger partial charge on any atom is -0.344 e. The highest BCUT2D eigenvalue weighted by atomic mass is 32.2. The van der Waals surface area contributed by atoms with Crippen molar-refractivity contribution in [2.75, 3.05) is 12.3 Å². The molecule has 0 radical (unpaired) electrons. The lowest BCUT2D eigenvalue weighted by atomic mass is 10.2. The van der Waals surface area contributed by atoms with Gasteiger partial charge < -0.3 is 5.32 Å². The number of thiophene rings is 1. The summed E-state index contributed by atoms with van der Waals surface area (Å²) in [4.78, 5) is 32.0. The highest BCUT2D eigenvalue weighted by Gasteiger charge is 2.18. The van der Waals surface area contributed by atoms with E-state index < -0.39 is 0 Å². The van der Waals surface area contributed by atoms with Crippen LogP contribution in [0.25, 0.3) is 26.3 Å². The summed E-state index contributed by atoms with van der Waals surface area (Å²) >= 11 is 2.69. The molecule has 5 nitrogen and oxygen atoms in total. The monoisotopic (exact) mass is 445 g/mol. The number of hydrogen-bond donors (Lipinski definition) is 1. The lowest BCUT2D eigenvalue weighted by molar-refractivity contribution is -0.118. The molecule has 154 valence electrons. The smallest absolute Gasteiger partial charge is 0.267 e. The Hall–Kier alpha value is -3.34. The van der Waals surface area contributed by atoms with Crippen LogP contribution in [0.1, 0.15) is 5.56 Å². The van der Waals surface area contributed by atoms with Crippen molar-refractivity contribution in [2.45, 2.75) is 12.1 Å². The normalized spacial score (nSPS) is 10.7. The Morgan fingerprint density at radius 1 is 1.19 bits per heavy atom. The number of hydrogen-bond acceptors (Lipinski definition) is 5. The van der Waals surface area contributed by atoms with E-state index in [0.717, 1.165) is 21.7 Å². The van der Waals surface area contributed by atoms with Gasteiger partial charge in [0.05, 0.1) is 23.4 Å². The molecule has 0 aliphatic carbocycles. The topological polar surface area (TPSA) is 64.0 Å². The van der Waals surface area contributed by atoms with Crippen LogP contribution < -0.4 is 10.9 Å². The highest BCUT2D eigenvalue weighted by molar-refractivity contribution is 7.99. The van der Waals surface area contributed by atoms with Crippen molar-refractivity contribution in [3.63, 3.8) is 0 Å². The third-order valence-electron chi connectivity index (χ3n) is 4.67. The van der Waals surface area contributed by atoms with Crippen LogP contribution in [0.4, 0.5) is 0 Å². The van der Waals surface area contributed by atoms with Crippen molar-refractivity contribution in [1.29, 1.82) is 0 Å². The number of carbonyl (C=O) groups excluding carboxylic acids is 1. The molecular weight excluding hydrogens is 426 g/mol. The number of rotatable bonds is 6. The summed E-state index contributed by atoms with van der Waals surface area (Å²) in [5.41, 5.74) is 2.59. The Bertz CT molecular complexity index is 1350. The van der Waals surface area contributed by atoms with E-state index in [4.69, 9.17) is 11.4 Å². The maximum Gasteiger partial charge on any atom is 0.267 e. The highest BCUT2D eigenvalue weighted by Crippen LogP contribution is 2.33. The first kappa shape index (κ1) is 20.9. The predicted octanol–water partition coefficient (Wildman–Crippen LogP) is 4.26. The van der Waals surface area contributed by atoms with Crippen LogP contribution in [-0.2, 0) is 4.79 Å². The van der Waals surface area contributed by atoms with Crippen molar-refractivity contribution in [2.24, 2.45) is 0 Å². The van der Waals surface area contributed by atoms with Crippen molar-refractivity contribution < 1.29 is 4.79 Å². The average Bonchev–Trinajstić information content (AvgIpc) is 3.22. The number of carbonyl (C=O) groups is 1. The largest absolute Gasteiger partial charge is 0.344 e. The van der Waals surface area contributed by atoms with Gasteiger partial charge in [0.25, 0.3) is 5.56 Å². The Labute approximate surface area is 188 Å². The first-order valence-corrected chi connectivity index (χ1v) is 11.4. The fourth-order valence-electron chi connectivity index (χ4n) is 3.16. The molecule has 2 heterocycles. The number of thioether (sulfide) groups is 1. The van der Waals surface area contributed by atoms with Crippen molar-refractivity contribution in [1.82, 2.24) is 14.9 Å². The van der Waals surface area contributed by atoms with E-state index in [1.54, 1.807) is 4.57 Å². The van der Waals surface area contributed by atoms with Gasteiger partial charge in [-0.3, -0.25) is 14.2 Å². The van der Waals surface area contributed by atoms with Crippen LogP contribution in [0, 0.1) is 19.3 Å². The summed E-state index contributed by atoms with van der Waals surface area (Å²) in [5, 5.41) is 3.68. The zero-order valence-electron chi connectivity index (χ0n) is 16.8. The average molecular weight is 446 g/mol. The molecule has 0 aliphatic rings. The second-order valence-corrected chi connectivity index (χ2v) is 8.76. The number of aryl methyl sites for hydroxylation is 1. The zero-order valence-corrected chi connectivity index (χ0v) is 18.4. The molecule has 31 heavy (non-hydrogen) atoms. The SMILES string of the molecule is C#CCNC(=O)CSc1nc2sc(-c3ccccc3)cc2c(=O)n1-c1ccccc1C. The first-order valence-electron chi connectivity index (χ1n) is 9.59. The van der Waals surface area contributed by atoms with Gasteiger partial charge in [-0.15, -0.1) is 17.8 Å². The molecule has 0 aliphatic heterocycles. The first-order chi connectivity index (χ1) is 15.1. The van der Waals surface area contributed by atoms with E-state index in [0.29, 0.717) is 15.4 Å². The van der Waals surface area contributed by atoms with Gasteiger partial charge in [0.2, 0.25) is 5.91 Å². The minimum atomic E-state index is -0.204. The molecule has 0 atom stereocenters. The zero-order chi connectivity index (χ0) is 21.8. The summed E-state index contributed by atoms with van der Waals surface area (Å²) in [6.45, 7) is 2.12. The molecule has 0 fully saturated rings. The number of nitrogens with one attached hydrogen (secondary N) is 1. The van der Waals surface area contributed by atoms with Gasteiger partial charge >= 0.3 is 0 Å². The fourth-order valence-corrected chi connectivity index (χ4v) is 5.07. The quantitative estimate of drug-likeness (QED) is 0.274. The number of benzene rings is 2. The Morgan fingerprint density at radius 2 is 1.94 bits per heavy atom. The van der Waals surface area contributed by atoms with Crippen LogP contribution in [-0.4, -0.2) is 27.8 Å². The molecule has 2 aromatic carbocycles. The van der Waals surface area contributed by atoms with Gasteiger partial charge in [-0.05, 0) is 30.2 Å². The molecule has 4 aromatic rings. The summed E-state index contributed by atoms with van der Waals surface area (Å²) < 4.78 is 1.60. The molecule has 7 heteroatoms. The molecule has 0 spiro atoms.